The Hall–Kier alpha value is -3.37. The molecule has 6 nitrogen and oxygen atoms in total. The molecule has 5 aromatic rings. The first-order valence-corrected chi connectivity index (χ1v) is 11.1. The minimum atomic E-state index is -4.66. The molecule has 0 aliphatic carbocycles. The van der Waals surface area contributed by atoms with Crippen molar-refractivity contribution in [3.63, 3.8) is 0 Å². The van der Waals surface area contributed by atoms with E-state index in [1.807, 2.05) is 18.3 Å². The molecule has 11 heteroatoms. The van der Waals surface area contributed by atoms with Crippen LogP contribution in [0.1, 0.15) is 21.7 Å². The Bertz CT molecular complexity index is 1470. The van der Waals surface area contributed by atoms with E-state index in [0.717, 1.165) is 22.5 Å². The van der Waals surface area contributed by atoms with Crippen LogP contribution < -0.4 is 5.32 Å². The Kier molecular flexibility index (Phi) is 5.34. The molecule has 0 unspecified atom stereocenters. The number of hydrogen-bond acceptors (Lipinski definition) is 4. The average molecular weight is 490 g/mol. The molecule has 1 amide bonds. The number of thiophene rings is 1. The van der Waals surface area contributed by atoms with Crippen LogP contribution in [0.3, 0.4) is 0 Å². The summed E-state index contributed by atoms with van der Waals surface area (Å²) < 4.78 is 41.7. The normalized spacial score (nSPS) is 12.0. The Morgan fingerprint density at radius 3 is 2.82 bits per heavy atom. The van der Waals surface area contributed by atoms with Gasteiger partial charge in [-0.25, -0.2) is 9.50 Å². The summed E-state index contributed by atoms with van der Waals surface area (Å²) in [4.78, 5) is 20.6. The fraction of sp³-hybridized carbons (Fsp3) is 0.136. The van der Waals surface area contributed by atoms with Crippen molar-refractivity contribution in [3.05, 3.63) is 76.0 Å². The van der Waals surface area contributed by atoms with Crippen LogP contribution in [-0.4, -0.2) is 32.0 Å². The fourth-order valence-corrected chi connectivity index (χ4v) is 4.45. The SMILES string of the molecule is O=C(NCCc1c[nH]c2ccc(Cl)cc12)c1cc2nc(-c3cccs3)cc(C(F)(F)F)n2n1. The van der Waals surface area contributed by atoms with Gasteiger partial charge in [0.1, 0.15) is 0 Å². The highest BCUT2D eigenvalue weighted by atomic mass is 35.5. The number of halogens is 4. The van der Waals surface area contributed by atoms with Gasteiger partial charge in [0.05, 0.1) is 10.6 Å². The molecule has 4 aromatic heterocycles. The maximum absolute atomic E-state index is 13.7. The zero-order valence-electron chi connectivity index (χ0n) is 16.8. The minimum Gasteiger partial charge on any atom is -0.361 e. The molecule has 1 aromatic carbocycles. The van der Waals surface area contributed by atoms with Gasteiger partial charge in [-0.05, 0) is 47.7 Å². The molecule has 0 radical (unpaired) electrons. The molecule has 5 rings (SSSR count). The second-order valence-corrected chi connectivity index (χ2v) is 8.70. The summed E-state index contributed by atoms with van der Waals surface area (Å²) in [6.07, 6.45) is -2.32. The molecule has 0 atom stereocenters. The smallest absolute Gasteiger partial charge is 0.361 e. The Labute approximate surface area is 194 Å². The van der Waals surface area contributed by atoms with Gasteiger partial charge in [0.15, 0.2) is 17.0 Å². The summed E-state index contributed by atoms with van der Waals surface area (Å²) >= 11 is 7.34. The van der Waals surface area contributed by atoms with Crippen LogP contribution >= 0.6 is 22.9 Å². The van der Waals surface area contributed by atoms with Gasteiger partial charge in [-0.2, -0.15) is 18.3 Å². The third-order valence-corrected chi connectivity index (χ3v) is 6.26. The number of nitrogens with one attached hydrogen (secondary N) is 2. The van der Waals surface area contributed by atoms with Crippen LogP contribution in [0.15, 0.2) is 54.0 Å². The van der Waals surface area contributed by atoms with E-state index in [0.29, 0.717) is 20.8 Å². The number of H-pyrrole nitrogens is 1. The third kappa shape index (κ3) is 4.19. The van der Waals surface area contributed by atoms with E-state index in [2.05, 4.69) is 20.4 Å². The molecule has 168 valence electrons. The largest absolute Gasteiger partial charge is 0.433 e. The van der Waals surface area contributed by atoms with Crippen molar-refractivity contribution in [1.82, 2.24) is 24.9 Å². The van der Waals surface area contributed by atoms with Crippen LogP contribution in [0.25, 0.3) is 27.1 Å². The number of nitrogens with zero attached hydrogens (tertiary/aromatic N) is 3. The van der Waals surface area contributed by atoms with Crippen molar-refractivity contribution in [1.29, 1.82) is 0 Å². The van der Waals surface area contributed by atoms with Crippen LogP contribution in [0.2, 0.25) is 5.02 Å². The Balaban J connectivity index is 1.38. The van der Waals surface area contributed by atoms with Crippen LogP contribution in [-0.2, 0) is 12.6 Å². The highest BCUT2D eigenvalue weighted by Crippen LogP contribution is 2.33. The van der Waals surface area contributed by atoms with E-state index in [1.165, 1.54) is 17.4 Å². The van der Waals surface area contributed by atoms with Gasteiger partial charge in [-0.15, -0.1) is 11.3 Å². The molecule has 0 aliphatic rings. The summed E-state index contributed by atoms with van der Waals surface area (Å²) in [5, 5.41) is 9.90. The first-order valence-electron chi connectivity index (χ1n) is 9.85. The molecule has 4 heterocycles. The summed E-state index contributed by atoms with van der Waals surface area (Å²) in [6, 6.07) is 11.1. The van der Waals surface area contributed by atoms with Gasteiger partial charge >= 0.3 is 6.18 Å². The first-order chi connectivity index (χ1) is 15.8. The zero-order valence-corrected chi connectivity index (χ0v) is 18.4. The van der Waals surface area contributed by atoms with Gasteiger partial charge < -0.3 is 10.3 Å². The molecule has 0 saturated carbocycles. The zero-order chi connectivity index (χ0) is 23.2. The van der Waals surface area contributed by atoms with Crippen molar-refractivity contribution in [2.45, 2.75) is 12.6 Å². The molecule has 0 aliphatic heterocycles. The predicted octanol–water partition coefficient (Wildman–Crippen LogP) is 5.58. The van der Waals surface area contributed by atoms with Crippen molar-refractivity contribution in [2.75, 3.05) is 6.54 Å². The monoisotopic (exact) mass is 489 g/mol. The highest BCUT2D eigenvalue weighted by Gasteiger charge is 2.35. The number of aromatic nitrogens is 4. The van der Waals surface area contributed by atoms with Gasteiger partial charge in [-0.1, -0.05) is 17.7 Å². The number of benzene rings is 1. The average Bonchev–Trinajstić information content (AvgIpc) is 3.51. The van der Waals surface area contributed by atoms with Crippen molar-refractivity contribution in [2.24, 2.45) is 0 Å². The summed E-state index contributed by atoms with van der Waals surface area (Å²) in [7, 11) is 0. The van der Waals surface area contributed by atoms with Gasteiger partial charge in [-0.3, -0.25) is 4.79 Å². The molecule has 33 heavy (non-hydrogen) atoms. The third-order valence-electron chi connectivity index (χ3n) is 5.13. The standard InChI is InChI=1S/C22H15ClF3N5OS/c23-13-3-4-15-14(8-13)12(11-28-15)5-6-27-21(32)17-10-20-29-16(18-2-1-7-33-18)9-19(22(24,25)26)31(20)30-17/h1-4,7-11,28H,5-6H2,(H,27,32). The topological polar surface area (TPSA) is 75.1 Å². The van der Waals surface area contributed by atoms with E-state index >= 15 is 0 Å². The van der Waals surface area contributed by atoms with Crippen molar-refractivity contribution < 1.29 is 18.0 Å². The number of carbonyl (C=O) groups is 1. The lowest BCUT2D eigenvalue weighted by Crippen LogP contribution is -2.26. The summed E-state index contributed by atoms with van der Waals surface area (Å²) in [5.74, 6) is -0.579. The number of amides is 1. The second kappa shape index (κ2) is 8.20. The maximum Gasteiger partial charge on any atom is 0.433 e. The number of carbonyl (C=O) groups excluding carboxylic acids is 1. The quantitative estimate of drug-likeness (QED) is 0.338. The van der Waals surface area contributed by atoms with Gasteiger partial charge in [0.25, 0.3) is 5.91 Å². The molecular weight excluding hydrogens is 475 g/mol. The maximum atomic E-state index is 13.7. The van der Waals surface area contributed by atoms with Crippen LogP contribution in [0, 0.1) is 0 Å². The number of alkyl halides is 3. The minimum absolute atomic E-state index is 0.0513. The van der Waals surface area contributed by atoms with Gasteiger partial charge in [0, 0.05) is 34.7 Å². The lowest BCUT2D eigenvalue weighted by atomic mass is 10.1. The first kappa shape index (κ1) is 21.5. The van der Waals surface area contributed by atoms with E-state index in [-0.39, 0.29) is 23.6 Å². The molecule has 2 N–H and O–H groups in total. The van der Waals surface area contributed by atoms with E-state index in [1.54, 1.807) is 23.6 Å². The lowest BCUT2D eigenvalue weighted by molar-refractivity contribution is -0.142. The number of rotatable bonds is 5. The molecule has 0 saturated heterocycles. The number of fused-ring (bicyclic) bond motifs is 2. The number of hydrogen-bond donors (Lipinski definition) is 2. The van der Waals surface area contributed by atoms with E-state index < -0.39 is 17.8 Å². The van der Waals surface area contributed by atoms with E-state index in [4.69, 9.17) is 11.6 Å². The van der Waals surface area contributed by atoms with Crippen LogP contribution in [0.5, 0.6) is 0 Å². The molecular formula is C22H15ClF3N5OS. The van der Waals surface area contributed by atoms with Gasteiger partial charge in [0.2, 0.25) is 0 Å². The molecule has 0 bridgehead atoms. The summed E-state index contributed by atoms with van der Waals surface area (Å²) in [5.41, 5.74) is 0.876. The van der Waals surface area contributed by atoms with Crippen molar-refractivity contribution in [3.8, 4) is 10.6 Å². The number of aromatic amines is 1. The Morgan fingerprint density at radius 1 is 1.21 bits per heavy atom. The lowest BCUT2D eigenvalue weighted by Gasteiger charge is -2.10. The molecule has 0 spiro atoms. The molecule has 0 fully saturated rings. The van der Waals surface area contributed by atoms with Crippen molar-refractivity contribution >= 4 is 45.4 Å². The Morgan fingerprint density at radius 2 is 2.06 bits per heavy atom. The van der Waals surface area contributed by atoms with Crippen LogP contribution in [0.4, 0.5) is 13.2 Å². The highest BCUT2D eigenvalue weighted by molar-refractivity contribution is 7.13. The summed E-state index contributed by atoms with van der Waals surface area (Å²) in [6.45, 7) is 0.270. The predicted molar refractivity (Wildman–Crippen MR) is 121 cm³/mol. The van der Waals surface area contributed by atoms with E-state index in [9.17, 15) is 18.0 Å². The second-order valence-electron chi connectivity index (χ2n) is 7.31. The fourth-order valence-electron chi connectivity index (χ4n) is 3.60.